The van der Waals surface area contributed by atoms with E-state index in [4.69, 9.17) is 37.9 Å². The lowest BCUT2D eigenvalue weighted by Gasteiger charge is -2.17. The Labute approximate surface area is 242 Å². The van der Waals surface area contributed by atoms with Crippen molar-refractivity contribution in [3.05, 3.63) is 0 Å². The van der Waals surface area contributed by atoms with E-state index in [0.717, 1.165) is 19.4 Å². The number of Topliss-reactive ketones (excluding diaryl/α,β-unsaturated/α-hetero) is 1. The van der Waals surface area contributed by atoms with Crippen molar-refractivity contribution >= 4 is 11.7 Å². The predicted octanol–water partition coefficient (Wildman–Crippen LogP) is 2.68. The molecule has 0 atom stereocenters. The summed E-state index contributed by atoms with van der Waals surface area (Å²) in [5.74, 6) is -0.320. The van der Waals surface area contributed by atoms with E-state index in [-0.39, 0.29) is 24.9 Å². The van der Waals surface area contributed by atoms with Gasteiger partial charge in [0.05, 0.1) is 85.9 Å². The number of amides is 1. The molecule has 238 valence electrons. The van der Waals surface area contributed by atoms with Gasteiger partial charge in [-0.2, -0.15) is 0 Å². The first-order valence-electron chi connectivity index (χ1n) is 14.4. The Kier molecular flexibility index (Phi) is 24.8. The van der Waals surface area contributed by atoms with Gasteiger partial charge in [-0.05, 0) is 18.3 Å². The quantitative estimate of drug-likeness (QED) is 0.139. The molecule has 11 nitrogen and oxygen atoms in total. The van der Waals surface area contributed by atoms with Gasteiger partial charge in [-0.3, -0.25) is 9.59 Å². The van der Waals surface area contributed by atoms with E-state index in [9.17, 15) is 9.59 Å². The summed E-state index contributed by atoms with van der Waals surface area (Å²) in [4.78, 5) is 23.4. The lowest BCUT2D eigenvalue weighted by atomic mass is 9.91. The van der Waals surface area contributed by atoms with E-state index < -0.39 is 5.41 Å². The molecule has 0 rings (SSSR count). The molecule has 0 bridgehead atoms. The number of ether oxygens (including phenoxy) is 8. The van der Waals surface area contributed by atoms with Crippen molar-refractivity contribution in [2.45, 2.75) is 54.4 Å². The largest absolute Gasteiger partial charge is 0.379 e. The maximum atomic E-state index is 11.7. The molecule has 0 saturated heterocycles. The highest BCUT2D eigenvalue weighted by molar-refractivity contribution is 5.85. The van der Waals surface area contributed by atoms with Crippen molar-refractivity contribution in [2.24, 2.45) is 10.8 Å². The molecule has 0 aromatic carbocycles. The van der Waals surface area contributed by atoms with Gasteiger partial charge in [0, 0.05) is 18.6 Å². The first-order chi connectivity index (χ1) is 19.0. The number of hydrogen-bond donors (Lipinski definition) is 1. The molecule has 0 heterocycles. The monoisotopic (exact) mass is 579 g/mol. The normalized spacial score (nSPS) is 12.2. The zero-order valence-electron chi connectivity index (χ0n) is 26.0. The average Bonchev–Trinajstić information content (AvgIpc) is 2.87. The minimum absolute atomic E-state index is 0.0413. The summed E-state index contributed by atoms with van der Waals surface area (Å²) in [5, 5.41) is 2.67. The van der Waals surface area contributed by atoms with Gasteiger partial charge in [0.1, 0.15) is 13.2 Å². The van der Waals surface area contributed by atoms with Crippen LogP contribution in [0.3, 0.4) is 0 Å². The van der Waals surface area contributed by atoms with Crippen LogP contribution < -0.4 is 5.32 Å². The van der Waals surface area contributed by atoms with Crippen LogP contribution in [-0.2, 0) is 47.5 Å². The predicted molar refractivity (Wildman–Crippen MR) is 153 cm³/mol. The summed E-state index contributed by atoms with van der Waals surface area (Å²) in [6, 6.07) is 0. The second-order valence-electron chi connectivity index (χ2n) is 11.5. The highest BCUT2D eigenvalue weighted by Gasteiger charge is 2.21. The summed E-state index contributed by atoms with van der Waals surface area (Å²) in [6.07, 6.45) is 2.24. The molecule has 0 spiro atoms. The Bertz CT molecular complexity index is 605. The summed E-state index contributed by atoms with van der Waals surface area (Å²) in [7, 11) is 0. The van der Waals surface area contributed by atoms with E-state index in [1.165, 1.54) is 0 Å². The standard InChI is InChI=1S/C29H57NO10/c1-28(2,3)8-7-10-33-12-14-35-16-18-37-20-22-39-23-21-38-19-17-36-15-13-34-11-9-30-27(32)25-40-24-26(31)29(4,5)6/h7-25H2,1-6H3,(H,30,32). The van der Waals surface area contributed by atoms with Gasteiger partial charge in [0.15, 0.2) is 5.78 Å². The third-order valence-electron chi connectivity index (χ3n) is 5.32. The fourth-order valence-corrected chi connectivity index (χ4v) is 2.89. The van der Waals surface area contributed by atoms with Crippen molar-refractivity contribution in [1.82, 2.24) is 5.32 Å². The smallest absolute Gasteiger partial charge is 0.246 e. The zero-order chi connectivity index (χ0) is 30.0. The van der Waals surface area contributed by atoms with Crippen LogP contribution in [0.4, 0.5) is 0 Å². The van der Waals surface area contributed by atoms with E-state index in [2.05, 4.69) is 26.1 Å². The summed E-state index contributed by atoms with van der Waals surface area (Å²) >= 11 is 0. The molecule has 0 saturated carbocycles. The van der Waals surface area contributed by atoms with Gasteiger partial charge in [-0.25, -0.2) is 0 Å². The van der Waals surface area contributed by atoms with Gasteiger partial charge in [0.2, 0.25) is 5.91 Å². The molecule has 0 radical (unpaired) electrons. The van der Waals surface area contributed by atoms with Crippen LogP contribution >= 0.6 is 0 Å². The molecule has 0 unspecified atom stereocenters. The lowest BCUT2D eigenvalue weighted by Crippen LogP contribution is -2.33. The minimum atomic E-state index is -0.471. The number of carbonyl (C=O) groups excluding carboxylic acids is 2. The minimum Gasteiger partial charge on any atom is -0.379 e. The number of nitrogens with one attached hydrogen (secondary N) is 1. The van der Waals surface area contributed by atoms with Gasteiger partial charge >= 0.3 is 0 Å². The van der Waals surface area contributed by atoms with Gasteiger partial charge in [0.25, 0.3) is 0 Å². The number of carbonyl (C=O) groups is 2. The summed E-state index contributed by atoms with van der Waals surface area (Å²) in [6.45, 7) is 19.6. The van der Waals surface area contributed by atoms with Crippen LogP contribution in [0.1, 0.15) is 54.4 Å². The topological polar surface area (TPSA) is 120 Å². The molecule has 0 aliphatic heterocycles. The third-order valence-corrected chi connectivity index (χ3v) is 5.32. The van der Waals surface area contributed by atoms with Gasteiger partial charge < -0.3 is 43.2 Å². The Balaban J connectivity index is 3.19. The molecular weight excluding hydrogens is 522 g/mol. The zero-order valence-corrected chi connectivity index (χ0v) is 26.0. The Morgan fingerprint density at radius 3 is 1.25 bits per heavy atom. The van der Waals surface area contributed by atoms with Gasteiger partial charge in [-0.15, -0.1) is 0 Å². The van der Waals surface area contributed by atoms with E-state index in [1.54, 1.807) is 0 Å². The molecule has 1 amide bonds. The number of rotatable bonds is 28. The van der Waals surface area contributed by atoms with Crippen molar-refractivity contribution in [2.75, 3.05) is 112 Å². The molecule has 0 aliphatic rings. The highest BCUT2D eigenvalue weighted by Crippen LogP contribution is 2.20. The lowest BCUT2D eigenvalue weighted by molar-refractivity contribution is -0.134. The third kappa shape index (κ3) is 29.8. The number of ketones is 1. The summed E-state index contributed by atoms with van der Waals surface area (Å²) < 4.78 is 43.4. The maximum absolute atomic E-state index is 11.7. The second kappa shape index (κ2) is 25.5. The summed E-state index contributed by atoms with van der Waals surface area (Å²) in [5.41, 5.74) is -0.110. The molecule has 0 aromatic rings. The Morgan fingerprint density at radius 2 is 0.875 bits per heavy atom. The molecule has 0 aliphatic carbocycles. The molecular formula is C29H57NO10. The van der Waals surface area contributed by atoms with Crippen LogP contribution in [0.2, 0.25) is 0 Å². The van der Waals surface area contributed by atoms with Crippen molar-refractivity contribution < 1.29 is 47.5 Å². The molecule has 0 fully saturated rings. The van der Waals surface area contributed by atoms with E-state index in [0.29, 0.717) is 97.8 Å². The van der Waals surface area contributed by atoms with Crippen LogP contribution in [0.25, 0.3) is 0 Å². The average molecular weight is 580 g/mol. The SMILES string of the molecule is CC(C)(C)CCCOCCOCCOCCOCCOCCOCCOCCNC(=O)COCC(=O)C(C)(C)C. The van der Waals surface area contributed by atoms with Crippen molar-refractivity contribution in [3.8, 4) is 0 Å². The highest BCUT2D eigenvalue weighted by atomic mass is 16.6. The Morgan fingerprint density at radius 1 is 0.500 bits per heavy atom. The van der Waals surface area contributed by atoms with E-state index >= 15 is 0 Å². The first kappa shape index (κ1) is 38.8. The molecule has 11 heteroatoms. The van der Waals surface area contributed by atoms with Crippen LogP contribution in [0, 0.1) is 10.8 Å². The molecule has 40 heavy (non-hydrogen) atoms. The second-order valence-corrected chi connectivity index (χ2v) is 11.5. The first-order valence-corrected chi connectivity index (χ1v) is 14.4. The maximum Gasteiger partial charge on any atom is 0.246 e. The fourth-order valence-electron chi connectivity index (χ4n) is 2.89. The van der Waals surface area contributed by atoms with Gasteiger partial charge in [-0.1, -0.05) is 41.5 Å². The number of hydrogen-bond acceptors (Lipinski definition) is 10. The van der Waals surface area contributed by atoms with Crippen LogP contribution in [0.5, 0.6) is 0 Å². The van der Waals surface area contributed by atoms with E-state index in [1.807, 2.05) is 20.8 Å². The van der Waals surface area contributed by atoms with Crippen LogP contribution in [-0.4, -0.2) is 124 Å². The molecule has 0 aromatic heterocycles. The fraction of sp³-hybridized carbons (Fsp3) is 0.931. The molecule has 1 N–H and O–H groups in total. The van der Waals surface area contributed by atoms with Crippen LogP contribution in [0.15, 0.2) is 0 Å². The Hall–Kier alpha value is -1.18. The van der Waals surface area contributed by atoms with Crippen molar-refractivity contribution in [3.63, 3.8) is 0 Å². The van der Waals surface area contributed by atoms with Crippen molar-refractivity contribution in [1.29, 1.82) is 0 Å².